The van der Waals surface area contributed by atoms with Crippen LogP contribution in [0.4, 0.5) is 0 Å². The van der Waals surface area contributed by atoms with Crippen molar-refractivity contribution >= 4 is 46.4 Å². The lowest BCUT2D eigenvalue weighted by Gasteiger charge is -2.28. The van der Waals surface area contributed by atoms with Gasteiger partial charge in [0.2, 0.25) is 29.5 Å². The van der Waals surface area contributed by atoms with Gasteiger partial charge in [-0.3, -0.25) is 29.0 Å². The third-order valence-corrected chi connectivity index (χ3v) is 8.32. The Labute approximate surface area is 300 Å². The van der Waals surface area contributed by atoms with Crippen LogP contribution in [0, 0.1) is 11.8 Å². The first-order valence-corrected chi connectivity index (χ1v) is 17.7. The predicted octanol–water partition coefficient (Wildman–Crippen LogP) is -0.263. The van der Waals surface area contributed by atoms with Crippen LogP contribution in [-0.4, -0.2) is 83.8 Å². The number of unbranched alkanes of at least 4 members (excludes halogenated alkanes) is 1. The van der Waals surface area contributed by atoms with E-state index in [1.54, 1.807) is 6.20 Å². The summed E-state index contributed by atoms with van der Waals surface area (Å²) in [6.07, 6.45) is 4.63. The SMILES string of the molecule is CC(C)C[C@H](NC(=O)[C@H](CC(C)C)NC(=O)[C@H](CCCCN)NC(=O)[C@@H](N)CCCN=C(N)N)C(=O)N[C@@H](Cc1c[nH]c2ccccc12)C(N)=O. The van der Waals surface area contributed by atoms with Crippen molar-refractivity contribution in [2.75, 3.05) is 13.1 Å². The largest absolute Gasteiger partial charge is 0.370 e. The Morgan fingerprint density at radius 3 is 1.82 bits per heavy atom. The van der Waals surface area contributed by atoms with Crippen molar-refractivity contribution in [3.05, 3.63) is 36.0 Å². The molecule has 5 atom stereocenters. The molecule has 0 bridgehead atoms. The number of benzene rings is 1. The number of nitrogens with one attached hydrogen (secondary N) is 5. The van der Waals surface area contributed by atoms with Crippen LogP contribution in [0.25, 0.3) is 10.9 Å². The average molecular weight is 714 g/mol. The lowest BCUT2D eigenvalue weighted by atomic mass is 9.98. The molecule has 2 aromatic rings. The molecule has 284 valence electrons. The zero-order valence-electron chi connectivity index (χ0n) is 30.4. The Morgan fingerprint density at radius 2 is 1.27 bits per heavy atom. The fourth-order valence-electron chi connectivity index (χ4n) is 5.66. The Morgan fingerprint density at radius 1 is 0.725 bits per heavy atom. The van der Waals surface area contributed by atoms with Crippen molar-refractivity contribution in [1.82, 2.24) is 26.3 Å². The van der Waals surface area contributed by atoms with Gasteiger partial charge in [-0.1, -0.05) is 45.9 Å². The van der Waals surface area contributed by atoms with Crippen LogP contribution >= 0.6 is 0 Å². The average Bonchev–Trinajstić information content (AvgIpc) is 3.47. The Bertz CT molecular complexity index is 1470. The van der Waals surface area contributed by atoms with Crippen LogP contribution in [-0.2, 0) is 30.4 Å². The fraction of sp³-hybridized carbons (Fsp3) is 0.600. The number of carbonyl (C=O) groups excluding carboxylic acids is 5. The zero-order valence-corrected chi connectivity index (χ0v) is 30.4. The summed E-state index contributed by atoms with van der Waals surface area (Å²) in [7, 11) is 0. The summed E-state index contributed by atoms with van der Waals surface area (Å²) in [6, 6.07) is 2.60. The minimum Gasteiger partial charge on any atom is -0.370 e. The van der Waals surface area contributed by atoms with Crippen LogP contribution in [0.1, 0.15) is 78.2 Å². The summed E-state index contributed by atoms with van der Waals surface area (Å²) in [5, 5.41) is 12.0. The van der Waals surface area contributed by atoms with E-state index in [1.165, 1.54) is 0 Å². The Hall–Kier alpha value is -4.70. The lowest BCUT2D eigenvalue weighted by molar-refractivity contribution is -0.135. The highest BCUT2D eigenvalue weighted by atomic mass is 16.2. The smallest absolute Gasteiger partial charge is 0.243 e. The van der Waals surface area contributed by atoms with Crippen molar-refractivity contribution < 1.29 is 24.0 Å². The fourth-order valence-corrected chi connectivity index (χ4v) is 5.66. The second-order valence-corrected chi connectivity index (χ2v) is 13.8. The molecule has 0 unspecified atom stereocenters. The number of nitrogens with zero attached hydrogens (tertiary/aromatic N) is 1. The second kappa shape index (κ2) is 21.5. The van der Waals surface area contributed by atoms with E-state index < -0.39 is 59.7 Å². The molecule has 0 spiro atoms. The molecule has 0 saturated carbocycles. The van der Waals surface area contributed by atoms with Gasteiger partial charge in [0.05, 0.1) is 6.04 Å². The molecule has 16 heteroatoms. The van der Waals surface area contributed by atoms with E-state index >= 15 is 0 Å². The molecular weight excluding hydrogens is 654 g/mol. The molecule has 5 amide bonds. The number of aromatic amines is 1. The van der Waals surface area contributed by atoms with Crippen LogP contribution in [0.3, 0.4) is 0 Å². The lowest BCUT2D eigenvalue weighted by Crippen LogP contribution is -2.59. The molecular formula is C35H59N11O5. The molecule has 0 saturated heterocycles. The number of aliphatic imine (C=N–C) groups is 1. The highest BCUT2D eigenvalue weighted by molar-refractivity contribution is 5.96. The van der Waals surface area contributed by atoms with E-state index in [0.717, 1.165) is 16.5 Å². The second-order valence-electron chi connectivity index (χ2n) is 13.8. The molecule has 0 radical (unpaired) electrons. The van der Waals surface area contributed by atoms with Gasteiger partial charge in [0, 0.05) is 30.1 Å². The van der Waals surface area contributed by atoms with Crippen LogP contribution in [0.2, 0.25) is 0 Å². The topological polar surface area (TPSA) is 292 Å². The van der Waals surface area contributed by atoms with Gasteiger partial charge in [0.15, 0.2) is 5.96 Å². The zero-order chi connectivity index (χ0) is 38.1. The van der Waals surface area contributed by atoms with Crippen LogP contribution < -0.4 is 49.9 Å². The molecule has 0 aliphatic rings. The maximum atomic E-state index is 13.8. The number of H-pyrrole nitrogens is 1. The Kier molecular flexibility index (Phi) is 17.9. The maximum Gasteiger partial charge on any atom is 0.243 e. The van der Waals surface area contributed by atoms with Gasteiger partial charge >= 0.3 is 0 Å². The van der Waals surface area contributed by atoms with Crippen LogP contribution in [0.5, 0.6) is 0 Å². The molecule has 51 heavy (non-hydrogen) atoms. The van der Waals surface area contributed by atoms with E-state index in [9.17, 15) is 24.0 Å². The van der Waals surface area contributed by atoms with Crippen molar-refractivity contribution in [3.8, 4) is 0 Å². The van der Waals surface area contributed by atoms with Crippen LogP contribution in [0.15, 0.2) is 35.5 Å². The van der Waals surface area contributed by atoms with Gasteiger partial charge in [-0.2, -0.15) is 0 Å². The Balaban J connectivity index is 2.20. The summed E-state index contributed by atoms with van der Waals surface area (Å²) in [6.45, 7) is 8.31. The van der Waals surface area contributed by atoms with E-state index in [-0.39, 0.29) is 49.9 Å². The molecule has 1 heterocycles. The molecule has 0 fully saturated rings. The van der Waals surface area contributed by atoms with Gasteiger partial charge in [-0.05, 0) is 75.0 Å². The minimum atomic E-state index is -1.04. The number of aromatic nitrogens is 1. The van der Waals surface area contributed by atoms with Gasteiger partial charge in [0.25, 0.3) is 0 Å². The van der Waals surface area contributed by atoms with Gasteiger partial charge in [0.1, 0.15) is 24.2 Å². The first-order valence-electron chi connectivity index (χ1n) is 17.7. The molecule has 2 rings (SSSR count). The molecule has 15 N–H and O–H groups in total. The highest BCUT2D eigenvalue weighted by Gasteiger charge is 2.32. The van der Waals surface area contributed by atoms with Gasteiger partial charge in [-0.25, -0.2) is 0 Å². The van der Waals surface area contributed by atoms with Crippen molar-refractivity contribution in [3.63, 3.8) is 0 Å². The van der Waals surface area contributed by atoms with E-state index in [0.29, 0.717) is 32.4 Å². The number of guanidine groups is 1. The number of rotatable bonds is 23. The number of nitrogens with two attached hydrogens (primary N) is 5. The van der Waals surface area contributed by atoms with Crippen molar-refractivity contribution in [1.29, 1.82) is 0 Å². The quantitative estimate of drug-likeness (QED) is 0.0412. The van der Waals surface area contributed by atoms with Gasteiger partial charge in [-0.15, -0.1) is 0 Å². The summed E-state index contributed by atoms with van der Waals surface area (Å²) < 4.78 is 0. The first kappa shape index (κ1) is 42.5. The number of para-hydroxylation sites is 1. The highest BCUT2D eigenvalue weighted by Crippen LogP contribution is 2.19. The number of carbonyl (C=O) groups is 5. The number of hydrogen-bond acceptors (Lipinski definition) is 8. The summed E-state index contributed by atoms with van der Waals surface area (Å²) >= 11 is 0. The molecule has 0 aliphatic heterocycles. The molecule has 1 aromatic heterocycles. The van der Waals surface area contributed by atoms with E-state index in [4.69, 9.17) is 28.7 Å². The summed E-state index contributed by atoms with van der Waals surface area (Å²) in [5.74, 6) is -3.04. The molecule has 16 nitrogen and oxygen atoms in total. The minimum absolute atomic E-state index is 0.00866. The number of primary amides is 1. The molecule has 1 aromatic carbocycles. The number of fused-ring (bicyclic) bond motifs is 1. The standard InChI is InChI=1S/C35H59N11O5/c1-20(2)16-28(33(50)44-27(30(38)47)18-22-19-42-25-12-6-5-10-23(22)25)46-34(51)29(17-21(3)4)45-32(49)26(13-7-8-14-36)43-31(48)24(37)11-9-15-41-35(39)40/h5-6,10,12,19-21,24,26-29,42H,7-9,11,13-18,36-37H2,1-4H3,(H2,38,47)(H,43,48)(H,44,50)(H,45,49)(H,46,51)(H4,39,40,41)/t24-,26-,27-,28-,29-/m0/s1. The normalized spacial score (nSPS) is 14.3. The summed E-state index contributed by atoms with van der Waals surface area (Å²) in [4.78, 5) is 73.5. The molecule has 0 aliphatic carbocycles. The third-order valence-electron chi connectivity index (χ3n) is 8.32. The number of hydrogen-bond donors (Lipinski definition) is 10. The predicted molar refractivity (Wildman–Crippen MR) is 199 cm³/mol. The van der Waals surface area contributed by atoms with Gasteiger partial charge < -0.3 is 54.9 Å². The summed E-state index contributed by atoms with van der Waals surface area (Å²) in [5.41, 5.74) is 29.8. The first-order chi connectivity index (χ1) is 24.1. The monoisotopic (exact) mass is 713 g/mol. The van der Waals surface area contributed by atoms with Crippen molar-refractivity contribution in [2.45, 2.75) is 109 Å². The maximum absolute atomic E-state index is 13.8. The van der Waals surface area contributed by atoms with Crippen molar-refractivity contribution in [2.24, 2.45) is 45.5 Å². The van der Waals surface area contributed by atoms with E-state index in [2.05, 4.69) is 31.2 Å². The third kappa shape index (κ3) is 15.0. The van der Waals surface area contributed by atoms with E-state index in [1.807, 2.05) is 52.0 Å². The number of amides is 5.